The van der Waals surface area contributed by atoms with Crippen molar-refractivity contribution in [2.75, 3.05) is 18.6 Å². The van der Waals surface area contributed by atoms with Crippen LogP contribution in [0.25, 0.3) is 0 Å². The molecule has 4 nitrogen and oxygen atoms in total. The lowest BCUT2D eigenvalue weighted by atomic mass is 9.93. The Balaban J connectivity index is 1.97. The van der Waals surface area contributed by atoms with Gasteiger partial charge < -0.3 is 15.4 Å². The Labute approximate surface area is 136 Å². The summed E-state index contributed by atoms with van der Waals surface area (Å²) < 4.78 is 5.42. The zero-order valence-electron chi connectivity index (χ0n) is 13.6. The summed E-state index contributed by atoms with van der Waals surface area (Å²) in [5.41, 5.74) is 10.7. The van der Waals surface area contributed by atoms with Gasteiger partial charge in [0.05, 0.1) is 13.2 Å². The first-order valence-electron chi connectivity index (χ1n) is 7.97. The minimum atomic E-state index is -0.246. The molecule has 0 fully saturated rings. The zero-order chi connectivity index (χ0) is 16.4. The van der Waals surface area contributed by atoms with Crippen LogP contribution < -0.4 is 15.4 Å². The predicted molar refractivity (Wildman–Crippen MR) is 91.8 cm³/mol. The van der Waals surface area contributed by atoms with Crippen LogP contribution >= 0.6 is 0 Å². The number of nitrogens with two attached hydrogens (primary N) is 1. The van der Waals surface area contributed by atoms with Crippen LogP contribution in [0.2, 0.25) is 0 Å². The highest BCUT2D eigenvalue weighted by atomic mass is 16.5. The van der Waals surface area contributed by atoms with Crippen molar-refractivity contribution in [1.29, 1.82) is 0 Å². The number of aryl methyl sites for hydroxylation is 1. The summed E-state index contributed by atoms with van der Waals surface area (Å²) in [4.78, 5) is 13.8. The molecular formula is C19H22N2O2. The lowest BCUT2D eigenvalue weighted by Crippen LogP contribution is -2.34. The van der Waals surface area contributed by atoms with Crippen LogP contribution in [0, 0.1) is 0 Å². The van der Waals surface area contributed by atoms with E-state index in [9.17, 15) is 4.79 Å². The van der Waals surface area contributed by atoms with E-state index in [2.05, 4.69) is 6.07 Å². The fourth-order valence-electron chi connectivity index (χ4n) is 3.22. The Hall–Kier alpha value is -2.33. The SMILES string of the molecule is CCN1C(=O)CCc2cc(C(N)c3ccccc3OC)ccc21. The van der Waals surface area contributed by atoms with Crippen LogP contribution in [0.4, 0.5) is 5.69 Å². The maximum Gasteiger partial charge on any atom is 0.227 e. The Morgan fingerprint density at radius 1 is 1.22 bits per heavy atom. The minimum Gasteiger partial charge on any atom is -0.496 e. The van der Waals surface area contributed by atoms with Gasteiger partial charge in [-0.2, -0.15) is 0 Å². The van der Waals surface area contributed by atoms with E-state index >= 15 is 0 Å². The van der Waals surface area contributed by atoms with Gasteiger partial charge in [-0.25, -0.2) is 0 Å². The second-order valence-electron chi connectivity index (χ2n) is 5.75. The molecule has 0 aliphatic carbocycles. The molecule has 1 atom stereocenters. The van der Waals surface area contributed by atoms with E-state index in [-0.39, 0.29) is 11.9 Å². The molecule has 0 radical (unpaired) electrons. The molecule has 23 heavy (non-hydrogen) atoms. The first-order valence-corrected chi connectivity index (χ1v) is 7.97. The Bertz CT molecular complexity index is 727. The molecule has 1 aliphatic rings. The highest BCUT2D eigenvalue weighted by Crippen LogP contribution is 2.33. The van der Waals surface area contributed by atoms with Crippen molar-refractivity contribution in [2.45, 2.75) is 25.8 Å². The summed E-state index contributed by atoms with van der Waals surface area (Å²) in [6.07, 6.45) is 1.34. The summed E-state index contributed by atoms with van der Waals surface area (Å²) in [5.74, 6) is 0.991. The van der Waals surface area contributed by atoms with Gasteiger partial charge in [-0.05, 0) is 36.6 Å². The van der Waals surface area contributed by atoms with Gasteiger partial charge >= 0.3 is 0 Å². The summed E-state index contributed by atoms with van der Waals surface area (Å²) in [7, 11) is 1.66. The average Bonchev–Trinajstić information content (AvgIpc) is 2.60. The van der Waals surface area contributed by atoms with Crippen molar-refractivity contribution in [3.63, 3.8) is 0 Å². The number of benzene rings is 2. The molecule has 3 rings (SSSR count). The van der Waals surface area contributed by atoms with Crippen molar-refractivity contribution in [3.05, 3.63) is 59.2 Å². The van der Waals surface area contributed by atoms with Gasteiger partial charge in [-0.3, -0.25) is 4.79 Å². The lowest BCUT2D eigenvalue weighted by molar-refractivity contribution is -0.118. The predicted octanol–water partition coefficient (Wildman–Crippen LogP) is 3.04. The second kappa shape index (κ2) is 6.42. The molecule has 1 unspecified atom stereocenters. The number of methoxy groups -OCH3 is 1. The third-order valence-corrected chi connectivity index (χ3v) is 4.45. The van der Waals surface area contributed by atoms with Crippen LogP contribution in [-0.4, -0.2) is 19.6 Å². The quantitative estimate of drug-likeness (QED) is 0.944. The molecule has 1 aliphatic heterocycles. The molecule has 120 valence electrons. The summed E-state index contributed by atoms with van der Waals surface area (Å²) >= 11 is 0. The van der Waals surface area contributed by atoms with E-state index in [0.29, 0.717) is 13.0 Å². The Kier molecular flexibility index (Phi) is 4.35. The van der Waals surface area contributed by atoms with E-state index in [1.165, 1.54) is 5.56 Å². The smallest absolute Gasteiger partial charge is 0.227 e. The third kappa shape index (κ3) is 2.82. The molecular weight excluding hydrogens is 288 g/mol. The molecule has 0 aromatic heterocycles. The number of rotatable bonds is 4. The maximum atomic E-state index is 12.0. The number of carbonyl (C=O) groups is 1. The number of nitrogens with zero attached hydrogens (tertiary/aromatic N) is 1. The molecule has 0 spiro atoms. The molecule has 2 N–H and O–H groups in total. The number of amides is 1. The fourth-order valence-corrected chi connectivity index (χ4v) is 3.22. The largest absolute Gasteiger partial charge is 0.496 e. The number of ether oxygens (including phenoxy) is 1. The third-order valence-electron chi connectivity index (χ3n) is 4.45. The van der Waals surface area contributed by atoms with E-state index < -0.39 is 0 Å². The van der Waals surface area contributed by atoms with Gasteiger partial charge in [-0.1, -0.05) is 30.3 Å². The van der Waals surface area contributed by atoms with Gasteiger partial charge in [0.1, 0.15) is 5.75 Å². The first kappa shape index (κ1) is 15.6. The molecule has 0 saturated carbocycles. The Morgan fingerprint density at radius 2 is 2.00 bits per heavy atom. The number of hydrogen-bond donors (Lipinski definition) is 1. The molecule has 4 heteroatoms. The summed E-state index contributed by atoms with van der Waals surface area (Å²) in [6, 6.07) is 13.7. The minimum absolute atomic E-state index is 0.196. The number of anilines is 1. The van der Waals surface area contributed by atoms with Crippen LogP contribution in [0.3, 0.4) is 0 Å². The molecule has 1 amide bonds. The molecule has 0 bridgehead atoms. The molecule has 0 saturated heterocycles. The van der Waals surface area contributed by atoms with Gasteiger partial charge in [-0.15, -0.1) is 0 Å². The number of hydrogen-bond acceptors (Lipinski definition) is 3. The summed E-state index contributed by atoms with van der Waals surface area (Å²) in [5, 5.41) is 0. The van der Waals surface area contributed by atoms with Crippen molar-refractivity contribution in [1.82, 2.24) is 0 Å². The van der Waals surface area contributed by atoms with E-state index in [1.54, 1.807) is 7.11 Å². The summed E-state index contributed by atoms with van der Waals surface area (Å²) in [6.45, 7) is 2.70. The van der Waals surface area contributed by atoms with Crippen LogP contribution in [0.15, 0.2) is 42.5 Å². The van der Waals surface area contributed by atoms with Gasteiger partial charge in [0, 0.05) is 24.2 Å². The monoisotopic (exact) mass is 310 g/mol. The standard InChI is InChI=1S/C19H22N2O2/c1-3-21-16-10-8-14(12-13(16)9-11-18(21)22)19(20)15-6-4-5-7-17(15)23-2/h4-8,10,12,19H,3,9,11,20H2,1-2H3. The van der Waals surface area contributed by atoms with E-state index in [1.807, 2.05) is 48.2 Å². The number of para-hydroxylation sites is 1. The first-order chi connectivity index (χ1) is 11.2. The van der Waals surface area contributed by atoms with E-state index in [4.69, 9.17) is 10.5 Å². The highest BCUT2D eigenvalue weighted by molar-refractivity contribution is 5.96. The van der Waals surface area contributed by atoms with Gasteiger partial charge in [0.15, 0.2) is 0 Å². The number of fused-ring (bicyclic) bond motifs is 1. The molecule has 2 aromatic carbocycles. The van der Waals surface area contributed by atoms with E-state index in [0.717, 1.165) is 29.0 Å². The maximum absolute atomic E-state index is 12.0. The van der Waals surface area contributed by atoms with Crippen LogP contribution in [0.5, 0.6) is 5.75 Å². The lowest BCUT2D eigenvalue weighted by Gasteiger charge is -2.29. The highest BCUT2D eigenvalue weighted by Gasteiger charge is 2.24. The molecule has 1 heterocycles. The topological polar surface area (TPSA) is 55.6 Å². The number of carbonyl (C=O) groups excluding carboxylic acids is 1. The van der Waals surface area contributed by atoms with Crippen molar-refractivity contribution in [3.8, 4) is 5.75 Å². The second-order valence-corrected chi connectivity index (χ2v) is 5.75. The normalized spacial score (nSPS) is 15.3. The molecule has 2 aromatic rings. The Morgan fingerprint density at radius 3 is 2.74 bits per heavy atom. The zero-order valence-corrected chi connectivity index (χ0v) is 13.6. The average molecular weight is 310 g/mol. The van der Waals surface area contributed by atoms with Crippen LogP contribution in [0.1, 0.15) is 36.1 Å². The van der Waals surface area contributed by atoms with Crippen LogP contribution in [-0.2, 0) is 11.2 Å². The van der Waals surface area contributed by atoms with Gasteiger partial charge in [0.25, 0.3) is 0 Å². The van der Waals surface area contributed by atoms with Crippen molar-refractivity contribution in [2.24, 2.45) is 5.73 Å². The fraction of sp³-hybridized carbons (Fsp3) is 0.316. The van der Waals surface area contributed by atoms with Gasteiger partial charge in [0.2, 0.25) is 5.91 Å². The van der Waals surface area contributed by atoms with Crippen molar-refractivity contribution >= 4 is 11.6 Å². The van der Waals surface area contributed by atoms with Crippen molar-refractivity contribution < 1.29 is 9.53 Å².